The second-order valence-corrected chi connectivity index (χ2v) is 4.63. The number of ether oxygens (including phenoxy) is 3. The molecule has 108 valence electrons. The summed E-state index contributed by atoms with van der Waals surface area (Å²) >= 11 is 5.84. The Morgan fingerprint density at radius 2 is 2.10 bits per heavy atom. The molecule has 0 spiro atoms. The van der Waals surface area contributed by atoms with E-state index in [9.17, 15) is 4.79 Å². The summed E-state index contributed by atoms with van der Waals surface area (Å²) < 4.78 is 15.5. The molecule has 0 bridgehead atoms. The van der Waals surface area contributed by atoms with Crippen molar-refractivity contribution in [1.29, 1.82) is 0 Å². The highest BCUT2D eigenvalue weighted by Gasteiger charge is 2.15. The van der Waals surface area contributed by atoms with Crippen LogP contribution in [0.2, 0.25) is 5.15 Å². The number of nitrogens with one attached hydrogen (secondary N) is 1. The van der Waals surface area contributed by atoms with Gasteiger partial charge in [0.1, 0.15) is 5.15 Å². The first-order valence-electron chi connectivity index (χ1n) is 6.08. The van der Waals surface area contributed by atoms with Gasteiger partial charge in [0.2, 0.25) is 12.7 Å². The van der Waals surface area contributed by atoms with Crippen molar-refractivity contribution in [1.82, 2.24) is 4.98 Å². The third kappa shape index (κ3) is 2.85. The lowest BCUT2D eigenvalue weighted by molar-refractivity contribution is 0.102. The number of nitrogens with zero attached hydrogens (tertiary/aromatic N) is 1. The van der Waals surface area contributed by atoms with Gasteiger partial charge in [0.25, 0.3) is 5.91 Å². The van der Waals surface area contributed by atoms with Crippen LogP contribution in [-0.2, 0) is 0 Å². The molecule has 0 unspecified atom stereocenters. The molecule has 3 rings (SSSR count). The Balaban J connectivity index is 1.81. The number of hydrogen-bond donors (Lipinski definition) is 1. The molecule has 21 heavy (non-hydrogen) atoms. The number of fused-ring (bicyclic) bond motifs is 1. The van der Waals surface area contributed by atoms with Crippen molar-refractivity contribution in [3.05, 3.63) is 41.0 Å². The van der Waals surface area contributed by atoms with E-state index >= 15 is 0 Å². The second kappa shape index (κ2) is 5.49. The Morgan fingerprint density at radius 1 is 1.29 bits per heavy atom. The van der Waals surface area contributed by atoms with Gasteiger partial charge in [-0.15, -0.1) is 0 Å². The summed E-state index contributed by atoms with van der Waals surface area (Å²) in [6, 6.07) is 8.13. The first kappa shape index (κ1) is 13.5. The van der Waals surface area contributed by atoms with Crippen LogP contribution in [0.3, 0.4) is 0 Å². The molecule has 1 aromatic heterocycles. The van der Waals surface area contributed by atoms with Gasteiger partial charge in [0.05, 0.1) is 7.11 Å². The van der Waals surface area contributed by atoms with E-state index in [1.165, 1.54) is 19.2 Å². The molecule has 0 saturated heterocycles. The lowest BCUT2D eigenvalue weighted by Gasteiger charge is -2.07. The molecule has 7 heteroatoms. The number of aromatic nitrogens is 1. The van der Waals surface area contributed by atoms with Crippen LogP contribution in [0.25, 0.3) is 0 Å². The van der Waals surface area contributed by atoms with Crippen LogP contribution in [0.1, 0.15) is 10.4 Å². The molecule has 0 radical (unpaired) electrons. The molecule has 2 aromatic rings. The topological polar surface area (TPSA) is 69.7 Å². The van der Waals surface area contributed by atoms with Crippen molar-refractivity contribution in [2.75, 3.05) is 19.2 Å². The number of anilines is 1. The van der Waals surface area contributed by atoms with E-state index in [-0.39, 0.29) is 23.7 Å². The van der Waals surface area contributed by atoms with Crippen molar-refractivity contribution in [2.24, 2.45) is 0 Å². The number of carbonyl (C=O) groups is 1. The highest BCUT2D eigenvalue weighted by Crippen LogP contribution is 2.34. The smallest absolute Gasteiger partial charge is 0.255 e. The van der Waals surface area contributed by atoms with Gasteiger partial charge in [0.15, 0.2) is 11.5 Å². The van der Waals surface area contributed by atoms with E-state index in [0.717, 1.165) is 0 Å². The van der Waals surface area contributed by atoms with Gasteiger partial charge in [-0.25, -0.2) is 4.98 Å². The first-order chi connectivity index (χ1) is 10.2. The van der Waals surface area contributed by atoms with Crippen LogP contribution in [0.4, 0.5) is 5.69 Å². The molecule has 6 nitrogen and oxygen atoms in total. The molecule has 1 aliphatic rings. The molecule has 0 atom stereocenters. The van der Waals surface area contributed by atoms with E-state index in [2.05, 4.69) is 10.3 Å². The maximum atomic E-state index is 12.2. The summed E-state index contributed by atoms with van der Waals surface area (Å²) in [7, 11) is 1.46. The third-order valence-corrected chi connectivity index (χ3v) is 3.07. The number of methoxy groups -OCH3 is 1. The van der Waals surface area contributed by atoms with Gasteiger partial charge in [-0.2, -0.15) is 0 Å². The third-order valence-electron chi connectivity index (χ3n) is 2.87. The zero-order valence-corrected chi connectivity index (χ0v) is 11.8. The standard InChI is InChI=1S/C14H11ClN2O4/c1-19-13-5-8(4-12(15)17-13)14(18)16-9-2-3-10-11(6-9)21-7-20-10/h2-6H,7H2,1H3,(H,16,18). The summed E-state index contributed by atoms with van der Waals surface area (Å²) in [4.78, 5) is 16.1. The Labute approximate surface area is 125 Å². The number of amides is 1. The maximum Gasteiger partial charge on any atom is 0.255 e. The van der Waals surface area contributed by atoms with Gasteiger partial charge in [0, 0.05) is 23.4 Å². The van der Waals surface area contributed by atoms with Gasteiger partial charge in [-0.05, 0) is 18.2 Å². The van der Waals surface area contributed by atoms with Gasteiger partial charge < -0.3 is 19.5 Å². The minimum atomic E-state index is -0.323. The molecule has 1 aliphatic heterocycles. The molecule has 2 heterocycles. The van der Waals surface area contributed by atoms with Crippen molar-refractivity contribution < 1.29 is 19.0 Å². The number of halogens is 1. The molecule has 0 aliphatic carbocycles. The minimum absolute atomic E-state index is 0.184. The number of carbonyl (C=O) groups excluding carboxylic acids is 1. The largest absolute Gasteiger partial charge is 0.481 e. The number of hydrogen-bond acceptors (Lipinski definition) is 5. The average Bonchev–Trinajstić information content (AvgIpc) is 2.94. The minimum Gasteiger partial charge on any atom is -0.481 e. The Kier molecular flexibility index (Phi) is 3.53. The second-order valence-electron chi connectivity index (χ2n) is 4.24. The first-order valence-corrected chi connectivity index (χ1v) is 6.46. The van der Waals surface area contributed by atoms with E-state index in [1.54, 1.807) is 18.2 Å². The fourth-order valence-electron chi connectivity index (χ4n) is 1.89. The normalized spacial score (nSPS) is 12.1. The summed E-state index contributed by atoms with van der Waals surface area (Å²) in [6.45, 7) is 0.184. The maximum absolute atomic E-state index is 12.2. The Bertz CT molecular complexity index is 705. The summed E-state index contributed by atoms with van der Waals surface area (Å²) in [5, 5.41) is 2.94. The van der Waals surface area contributed by atoms with Crippen LogP contribution in [0.5, 0.6) is 17.4 Å². The predicted molar refractivity (Wildman–Crippen MR) is 76.3 cm³/mol. The van der Waals surface area contributed by atoms with Crippen LogP contribution < -0.4 is 19.5 Å². The zero-order valence-electron chi connectivity index (χ0n) is 11.1. The molecule has 0 saturated carbocycles. The molecule has 0 fully saturated rings. The van der Waals surface area contributed by atoms with Crippen molar-refractivity contribution in [3.63, 3.8) is 0 Å². The summed E-state index contributed by atoms with van der Waals surface area (Å²) in [5.74, 6) is 1.20. The SMILES string of the molecule is COc1cc(C(=O)Nc2ccc3c(c2)OCO3)cc(Cl)n1. The number of pyridine rings is 1. The van der Waals surface area contributed by atoms with E-state index in [1.807, 2.05) is 0 Å². The van der Waals surface area contributed by atoms with Crippen molar-refractivity contribution in [3.8, 4) is 17.4 Å². The molecular formula is C14H11ClN2O4. The average molecular weight is 307 g/mol. The van der Waals surface area contributed by atoms with Crippen molar-refractivity contribution >= 4 is 23.2 Å². The van der Waals surface area contributed by atoms with Gasteiger partial charge >= 0.3 is 0 Å². The highest BCUT2D eigenvalue weighted by atomic mass is 35.5. The summed E-state index contributed by atoms with van der Waals surface area (Å²) in [5.41, 5.74) is 0.945. The monoisotopic (exact) mass is 306 g/mol. The molecule has 1 aromatic carbocycles. The summed E-state index contributed by atoms with van der Waals surface area (Å²) in [6.07, 6.45) is 0. The molecule has 1 amide bonds. The van der Waals surface area contributed by atoms with E-state index in [4.69, 9.17) is 25.8 Å². The Morgan fingerprint density at radius 3 is 2.90 bits per heavy atom. The lowest BCUT2D eigenvalue weighted by Crippen LogP contribution is -2.12. The fourth-order valence-corrected chi connectivity index (χ4v) is 2.09. The Hall–Kier alpha value is -2.47. The van der Waals surface area contributed by atoms with Gasteiger partial charge in [-0.3, -0.25) is 4.79 Å². The quantitative estimate of drug-likeness (QED) is 0.883. The molecule has 1 N–H and O–H groups in total. The highest BCUT2D eigenvalue weighted by molar-refractivity contribution is 6.30. The van der Waals surface area contributed by atoms with Crippen molar-refractivity contribution in [2.45, 2.75) is 0 Å². The molecular weight excluding hydrogens is 296 g/mol. The lowest BCUT2D eigenvalue weighted by atomic mass is 10.2. The predicted octanol–water partition coefficient (Wildman–Crippen LogP) is 2.72. The number of benzene rings is 1. The fraction of sp³-hybridized carbons (Fsp3) is 0.143. The van der Waals surface area contributed by atoms with Gasteiger partial charge in [-0.1, -0.05) is 11.6 Å². The van der Waals surface area contributed by atoms with E-state index < -0.39 is 0 Å². The zero-order chi connectivity index (χ0) is 14.8. The van der Waals surface area contributed by atoms with Crippen LogP contribution in [0.15, 0.2) is 30.3 Å². The van der Waals surface area contributed by atoms with E-state index in [0.29, 0.717) is 22.7 Å². The number of rotatable bonds is 3. The van der Waals surface area contributed by atoms with Crippen LogP contribution in [0, 0.1) is 0 Å². The van der Waals surface area contributed by atoms with Crippen LogP contribution in [-0.4, -0.2) is 24.8 Å². The van der Waals surface area contributed by atoms with Crippen LogP contribution >= 0.6 is 11.6 Å².